The lowest BCUT2D eigenvalue weighted by Crippen LogP contribution is -2.48. The van der Waals surface area contributed by atoms with E-state index in [1.165, 1.54) is 21.7 Å². The predicted molar refractivity (Wildman–Crippen MR) is 113 cm³/mol. The summed E-state index contributed by atoms with van der Waals surface area (Å²) in [7, 11) is 0. The number of pyridine rings is 1. The summed E-state index contributed by atoms with van der Waals surface area (Å²) >= 11 is 1.70. The number of benzene rings is 1. The van der Waals surface area contributed by atoms with E-state index >= 15 is 0 Å². The Kier molecular flexibility index (Phi) is 4.52. The van der Waals surface area contributed by atoms with E-state index < -0.39 is 0 Å². The second-order valence-corrected chi connectivity index (χ2v) is 8.31. The Hall–Kier alpha value is -2.60. The van der Waals surface area contributed by atoms with Crippen molar-refractivity contribution in [3.05, 3.63) is 40.9 Å². The maximum Gasteiger partial charge on any atom is 0.219 e. The van der Waals surface area contributed by atoms with E-state index in [2.05, 4.69) is 41.1 Å². The van der Waals surface area contributed by atoms with Crippen LogP contribution in [0, 0.1) is 13.8 Å². The van der Waals surface area contributed by atoms with Gasteiger partial charge >= 0.3 is 0 Å². The number of nitrogen functional groups attached to an aromatic ring is 1. The van der Waals surface area contributed by atoms with Gasteiger partial charge in [0, 0.05) is 66.0 Å². The second-order valence-electron chi connectivity index (χ2n) is 7.11. The number of nitrogens with zero attached hydrogens (tertiary/aromatic N) is 3. The molecule has 1 aromatic carbocycles. The lowest BCUT2D eigenvalue weighted by Gasteiger charge is -2.35. The van der Waals surface area contributed by atoms with Gasteiger partial charge in [-0.25, -0.2) is 4.98 Å². The van der Waals surface area contributed by atoms with Crippen molar-refractivity contribution in [2.75, 3.05) is 36.8 Å². The summed E-state index contributed by atoms with van der Waals surface area (Å²) in [5, 5.41) is 1.06. The van der Waals surface area contributed by atoms with E-state index in [1.807, 2.05) is 17.9 Å². The van der Waals surface area contributed by atoms with Crippen molar-refractivity contribution in [2.45, 2.75) is 20.8 Å². The summed E-state index contributed by atoms with van der Waals surface area (Å²) in [6.07, 6.45) is 0. The lowest BCUT2D eigenvalue weighted by molar-refractivity contribution is -0.129. The number of fused-ring (bicyclic) bond motifs is 1. The number of amides is 1. The minimum Gasteiger partial charge on any atom is -0.398 e. The Morgan fingerprint density at radius 2 is 1.89 bits per heavy atom. The molecule has 0 spiro atoms. The number of carbonyl (C=O) groups excluding carboxylic acids is 1. The van der Waals surface area contributed by atoms with Gasteiger partial charge in [0.25, 0.3) is 0 Å². The van der Waals surface area contributed by atoms with Crippen LogP contribution in [0.15, 0.2) is 30.3 Å². The fourth-order valence-electron chi connectivity index (χ4n) is 3.85. The lowest BCUT2D eigenvalue weighted by atomic mass is 10.0. The van der Waals surface area contributed by atoms with Gasteiger partial charge in [0.2, 0.25) is 5.91 Å². The molecule has 0 unspecified atom stereocenters. The van der Waals surface area contributed by atoms with Crippen molar-refractivity contribution in [2.24, 2.45) is 0 Å². The van der Waals surface area contributed by atoms with Gasteiger partial charge in [0.1, 0.15) is 4.83 Å². The van der Waals surface area contributed by atoms with Gasteiger partial charge in [-0.05, 0) is 37.6 Å². The molecule has 1 fully saturated rings. The topological polar surface area (TPSA) is 62.5 Å². The summed E-state index contributed by atoms with van der Waals surface area (Å²) in [6.45, 7) is 9.01. The normalized spacial score (nSPS) is 14.8. The summed E-state index contributed by atoms with van der Waals surface area (Å²) in [5.41, 5.74) is 11.6. The van der Waals surface area contributed by atoms with Crippen LogP contribution in [0.25, 0.3) is 21.3 Å². The van der Waals surface area contributed by atoms with E-state index in [0.717, 1.165) is 47.8 Å². The van der Waals surface area contributed by atoms with Crippen molar-refractivity contribution in [1.29, 1.82) is 0 Å². The van der Waals surface area contributed by atoms with Crippen LogP contribution in [0.4, 0.5) is 11.4 Å². The van der Waals surface area contributed by atoms with Crippen LogP contribution in [-0.4, -0.2) is 42.0 Å². The molecule has 1 saturated heterocycles. The minimum absolute atomic E-state index is 0.155. The zero-order valence-corrected chi connectivity index (χ0v) is 16.8. The maximum atomic E-state index is 11.6. The highest BCUT2D eigenvalue weighted by molar-refractivity contribution is 7.19. The number of hydrogen-bond acceptors (Lipinski definition) is 5. The van der Waals surface area contributed by atoms with Gasteiger partial charge in [-0.2, -0.15) is 0 Å². The zero-order valence-electron chi connectivity index (χ0n) is 16.0. The van der Waals surface area contributed by atoms with Crippen LogP contribution in [0.3, 0.4) is 0 Å². The molecule has 0 saturated carbocycles. The van der Waals surface area contributed by atoms with Crippen molar-refractivity contribution < 1.29 is 4.79 Å². The molecule has 1 amide bonds. The van der Waals surface area contributed by atoms with E-state index in [4.69, 9.17) is 5.73 Å². The van der Waals surface area contributed by atoms with E-state index in [9.17, 15) is 4.79 Å². The Morgan fingerprint density at radius 1 is 1.15 bits per heavy atom. The van der Waals surface area contributed by atoms with E-state index in [1.54, 1.807) is 18.3 Å². The van der Waals surface area contributed by atoms with Gasteiger partial charge in [-0.3, -0.25) is 4.79 Å². The highest BCUT2D eigenvalue weighted by atomic mass is 32.1. The first-order chi connectivity index (χ1) is 12.9. The molecule has 3 heterocycles. The number of nitrogens with two attached hydrogens (primary N) is 1. The third-order valence-electron chi connectivity index (χ3n) is 5.22. The minimum atomic E-state index is 0.155. The second kappa shape index (κ2) is 6.85. The van der Waals surface area contributed by atoms with Crippen LogP contribution < -0.4 is 10.6 Å². The average Bonchev–Trinajstić information content (AvgIpc) is 2.98. The third-order valence-corrected chi connectivity index (χ3v) is 6.22. The summed E-state index contributed by atoms with van der Waals surface area (Å²) < 4.78 is 0. The molecule has 3 aromatic rings. The molecular formula is C21H24N4OS. The van der Waals surface area contributed by atoms with Crippen LogP contribution in [0.2, 0.25) is 0 Å². The van der Waals surface area contributed by atoms with Crippen molar-refractivity contribution >= 4 is 38.8 Å². The number of aryl methyl sites for hydroxylation is 2. The van der Waals surface area contributed by atoms with Crippen LogP contribution in [-0.2, 0) is 4.79 Å². The molecule has 140 valence electrons. The number of carbonyl (C=O) groups is 1. The quantitative estimate of drug-likeness (QED) is 0.734. The first-order valence-electron chi connectivity index (χ1n) is 9.21. The fraction of sp³-hybridized carbons (Fsp3) is 0.333. The van der Waals surface area contributed by atoms with Gasteiger partial charge in [0.15, 0.2) is 0 Å². The Bertz CT molecular complexity index is 1020. The van der Waals surface area contributed by atoms with Gasteiger partial charge in [-0.1, -0.05) is 12.1 Å². The monoisotopic (exact) mass is 380 g/mol. The Morgan fingerprint density at radius 3 is 2.59 bits per heavy atom. The number of hydrogen-bond donors (Lipinski definition) is 1. The highest BCUT2D eigenvalue weighted by Gasteiger charge is 2.20. The van der Waals surface area contributed by atoms with Gasteiger partial charge in [-0.15, -0.1) is 11.3 Å². The van der Waals surface area contributed by atoms with Gasteiger partial charge in [0.05, 0.1) is 0 Å². The predicted octanol–water partition coefficient (Wildman–Crippen LogP) is 3.83. The molecule has 2 N–H and O–H groups in total. The smallest absolute Gasteiger partial charge is 0.219 e. The van der Waals surface area contributed by atoms with E-state index in [-0.39, 0.29) is 5.91 Å². The van der Waals surface area contributed by atoms with Crippen molar-refractivity contribution in [3.8, 4) is 11.1 Å². The van der Waals surface area contributed by atoms with Crippen LogP contribution >= 0.6 is 11.3 Å². The molecule has 4 rings (SSSR count). The first kappa shape index (κ1) is 17.8. The zero-order chi connectivity index (χ0) is 19.1. The summed E-state index contributed by atoms with van der Waals surface area (Å²) in [4.78, 5) is 22.7. The molecule has 1 aliphatic heterocycles. The maximum absolute atomic E-state index is 11.6. The fourth-order valence-corrected chi connectivity index (χ4v) is 4.98. The standard InChI is InChI=1S/C21H24N4OS/c1-13-11-18(22)20-19(14(2)27-21(20)23-13)16-5-4-6-17(12-16)25-9-7-24(8-10-25)15(3)26/h4-6,11-12H,7-10H2,1-3H3,(H2,22,23). The Balaban J connectivity index is 1.71. The number of aromatic nitrogens is 1. The summed E-state index contributed by atoms with van der Waals surface area (Å²) in [6, 6.07) is 10.6. The molecule has 0 bridgehead atoms. The molecule has 1 aliphatic rings. The first-order valence-corrected chi connectivity index (χ1v) is 10.0. The van der Waals surface area contributed by atoms with Crippen LogP contribution in [0.1, 0.15) is 17.5 Å². The van der Waals surface area contributed by atoms with Crippen molar-refractivity contribution in [1.82, 2.24) is 9.88 Å². The number of anilines is 2. The average molecular weight is 381 g/mol. The molecule has 0 radical (unpaired) electrons. The molecule has 27 heavy (non-hydrogen) atoms. The SMILES string of the molecule is CC(=O)N1CCN(c2cccc(-c3c(C)sc4nc(C)cc(N)c34)c2)CC1. The summed E-state index contributed by atoms with van der Waals surface area (Å²) in [5.74, 6) is 0.155. The van der Waals surface area contributed by atoms with Gasteiger partial charge < -0.3 is 15.5 Å². The number of thiophene rings is 1. The largest absolute Gasteiger partial charge is 0.398 e. The molecule has 0 aliphatic carbocycles. The molecule has 6 heteroatoms. The van der Waals surface area contributed by atoms with Crippen molar-refractivity contribution in [3.63, 3.8) is 0 Å². The van der Waals surface area contributed by atoms with Crippen LogP contribution in [0.5, 0.6) is 0 Å². The van der Waals surface area contributed by atoms with E-state index in [0.29, 0.717) is 0 Å². The Labute approximate surface area is 163 Å². The third kappa shape index (κ3) is 3.25. The molecule has 5 nitrogen and oxygen atoms in total. The number of piperazine rings is 1. The molecule has 0 atom stereocenters. The highest BCUT2D eigenvalue weighted by Crippen LogP contribution is 2.41. The molecule has 2 aromatic heterocycles. The molecular weight excluding hydrogens is 356 g/mol. The number of rotatable bonds is 2.